The van der Waals surface area contributed by atoms with Gasteiger partial charge in [0.05, 0.1) is 0 Å². The molecule has 1 aromatic heterocycles. The first-order valence-electron chi connectivity index (χ1n) is 8.02. The molecule has 5 heteroatoms. The Balaban J connectivity index is 2.12. The number of nitrogens with zero attached hydrogens (tertiary/aromatic N) is 2. The predicted octanol–water partition coefficient (Wildman–Crippen LogP) is 4.21. The van der Waals surface area contributed by atoms with Gasteiger partial charge < -0.3 is 10.6 Å². The molecule has 2 aromatic rings. The van der Waals surface area contributed by atoms with E-state index in [4.69, 9.17) is 0 Å². The SMILES string of the molecule is CCC(CC)C(=O)Nc1cccc(Nc2nc(C)cc(C)n2)c1. The lowest BCUT2D eigenvalue weighted by Crippen LogP contribution is -2.21. The van der Waals surface area contributed by atoms with Crippen molar-refractivity contribution in [1.29, 1.82) is 0 Å². The van der Waals surface area contributed by atoms with Crippen LogP contribution in [0, 0.1) is 19.8 Å². The Morgan fingerprint density at radius 3 is 2.26 bits per heavy atom. The monoisotopic (exact) mass is 312 g/mol. The third kappa shape index (κ3) is 4.77. The van der Waals surface area contributed by atoms with Gasteiger partial charge in [-0.3, -0.25) is 4.79 Å². The standard InChI is InChI=1S/C18H24N4O/c1-5-14(6-2)17(23)21-15-8-7-9-16(11-15)22-18-19-12(3)10-13(4)20-18/h7-11,14H,5-6H2,1-4H3,(H,21,23)(H,19,20,22). The Labute approximate surface area is 137 Å². The lowest BCUT2D eigenvalue weighted by Gasteiger charge is -2.14. The second-order valence-corrected chi connectivity index (χ2v) is 5.68. The smallest absolute Gasteiger partial charge is 0.227 e. The summed E-state index contributed by atoms with van der Waals surface area (Å²) in [5, 5.41) is 6.16. The van der Waals surface area contributed by atoms with Gasteiger partial charge in [0.2, 0.25) is 11.9 Å². The largest absolute Gasteiger partial charge is 0.326 e. The predicted molar refractivity (Wildman–Crippen MR) is 93.9 cm³/mol. The van der Waals surface area contributed by atoms with Crippen molar-refractivity contribution in [3.05, 3.63) is 41.7 Å². The number of rotatable bonds is 6. The van der Waals surface area contributed by atoms with Crippen molar-refractivity contribution >= 4 is 23.2 Å². The quantitative estimate of drug-likeness (QED) is 0.838. The van der Waals surface area contributed by atoms with Gasteiger partial charge >= 0.3 is 0 Å². The minimum atomic E-state index is 0.0503. The van der Waals surface area contributed by atoms with Crippen LogP contribution in [0.5, 0.6) is 0 Å². The molecular weight excluding hydrogens is 288 g/mol. The molecule has 0 atom stereocenters. The van der Waals surface area contributed by atoms with Crippen LogP contribution in [0.1, 0.15) is 38.1 Å². The first-order valence-corrected chi connectivity index (χ1v) is 8.02. The van der Waals surface area contributed by atoms with E-state index in [9.17, 15) is 4.79 Å². The fraction of sp³-hybridized carbons (Fsp3) is 0.389. The van der Waals surface area contributed by atoms with Gasteiger partial charge in [-0.2, -0.15) is 0 Å². The van der Waals surface area contributed by atoms with Gasteiger partial charge in [-0.05, 0) is 51.0 Å². The van der Waals surface area contributed by atoms with Crippen LogP contribution in [-0.2, 0) is 4.79 Å². The average molecular weight is 312 g/mol. The summed E-state index contributed by atoms with van der Waals surface area (Å²) in [7, 11) is 0. The Bertz CT molecular complexity index is 660. The lowest BCUT2D eigenvalue weighted by atomic mass is 10.0. The van der Waals surface area contributed by atoms with Crippen molar-refractivity contribution in [2.45, 2.75) is 40.5 Å². The maximum absolute atomic E-state index is 12.2. The lowest BCUT2D eigenvalue weighted by molar-refractivity contribution is -0.120. The van der Waals surface area contributed by atoms with E-state index in [2.05, 4.69) is 20.6 Å². The summed E-state index contributed by atoms with van der Waals surface area (Å²) in [5.41, 5.74) is 3.45. The van der Waals surface area contributed by atoms with E-state index >= 15 is 0 Å². The number of benzene rings is 1. The third-order valence-electron chi connectivity index (χ3n) is 3.72. The zero-order valence-electron chi connectivity index (χ0n) is 14.2. The van der Waals surface area contributed by atoms with E-state index < -0.39 is 0 Å². The van der Waals surface area contributed by atoms with Crippen LogP contribution < -0.4 is 10.6 Å². The van der Waals surface area contributed by atoms with Crippen LogP contribution in [0.2, 0.25) is 0 Å². The number of hydrogen-bond donors (Lipinski definition) is 2. The molecule has 0 bridgehead atoms. The number of nitrogens with one attached hydrogen (secondary N) is 2. The number of carbonyl (C=O) groups excluding carboxylic acids is 1. The first-order chi connectivity index (χ1) is 11.0. The second-order valence-electron chi connectivity index (χ2n) is 5.68. The van der Waals surface area contributed by atoms with Crippen molar-refractivity contribution in [2.75, 3.05) is 10.6 Å². The average Bonchev–Trinajstić information content (AvgIpc) is 2.47. The first kappa shape index (κ1) is 16.9. The minimum absolute atomic E-state index is 0.0503. The topological polar surface area (TPSA) is 66.9 Å². The zero-order chi connectivity index (χ0) is 16.8. The molecule has 2 rings (SSSR count). The van der Waals surface area contributed by atoms with E-state index in [0.29, 0.717) is 5.95 Å². The molecule has 0 saturated carbocycles. The second kappa shape index (κ2) is 7.72. The molecule has 0 saturated heterocycles. The Kier molecular flexibility index (Phi) is 5.68. The van der Waals surface area contributed by atoms with Crippen LogP contribution in [0.15, 0.2) is 30.3 Å². The number of hydrogen-bond acceptors (Lipinski definition) is 4. The summed E-state index contributed by atoms with van der Waals surface area (Å²) in [6.45, 7) is 7.94. The molecule has 0 radical (unpaired) electrons. The molecule has 0 aliphatic heterocycles. The summed E-state index contributed by atoms with van der Waals surface area (Å²) in [6, 6.07) is 9.52. The fourth-order valence-electron chi connectivity index (χ4n) is 2.49. The molecule has 0 fully saturated rings. The molecule has 5 nitrogen and oxygen atoms in total. The molecule has 1 amide bonds. The Morgan fingerprint density at radius 2 is 1.65 bits per heavy atom. The zero-order valence-corrected chi connectivity index (χ0v) is 14.2. The van der Waals surface area contributed by atoms with E-state index in [0.717, 1.165) is 35.6 Å². The van der Waals surface area contributed by atoms with Gasteiger partial charge in [-0.25, -0.2) is 9.97 Å². The molecule has 0 aliphatic rings. The van der Waals surface area contributed by atoms with Crippen LogP contribution >= 0.6 is 0 Å². The molecular formula is C18H24N4O. The van der Waals surface area contributed by atoms with Gasteiger partial charge in [-0.1, -0.05) is 19.9 Å². The van der Waals surface area contributed by atoms with Gasteiger partial charge in [0.1, 0.15) is 0 Å². The molecule has 1 heterocycles. The van der Waals surface area contributed by atoms with Crippen LogP contribution in [0.4, 0.5) is 17.3 Å². The van der Waals surface area contributed by atoms with E-state index in [-0.39, 0.29) is 11.8 Å². The Hall–Kier alpha value is -2.43. The van der Waals surface area contributed by atoms with Crippen LogP contribution in [-0.4, -0.2) is 15.9 Å². The molecule has 0 spiro atoms. The molecule has 122 valence electrons. The van der Waals surface area contributed by atoms with Gasteiger partial charge in [0.25, 0.3) is 0 Å². The van der Waals surface area contributed by atoms with Gasteiger partial charge in [0, 0.05) is 28.7 Å². The molecule has 0 aliphatic carbocycles. The number of anilines is 3. The normalized spacial score (nSPS) is 10.7. The molecule has 23 heavy (non-hydrogen) atoms. The highest BCUT2D eigenvalue weighted by Gasteiger charge is 2.14. The highest BCUT2D eigenvalue weighted by Crippen LogP contribution is 2.20. The van der Waals surface area contributed by atoms with Crippen molar-refractivity contribution in [1.82, 2.24) is 9.97 Å². The highest BCUT2D eigenvalue weighted by atomic mass is 16.1. The van der Waals surface area contributed by atoms with Crippen molar-refractivity contribution in [3.8, 4) is 0 Å². The molecule has 2 N–H and O–H groups in total. The number of aryl methyl sites for hydroxylation is 2. The maximum Gasteiger partial charge on any atom is 0.227 e. The summed E-state index contributed by atoms with van der Waals surface area (Å²) in [4.78, 5) is 20.9. The van der Waals surface area contributed by atoms with Crippen molar-refractivity contribution in [3.63, 3.8) is 0 Å². The van der Waals surface area contributed by atoms with Crippen LogP contribution in [0.3, 0.4) is 0 Å². The summed E-state index contributed by atoms with van der Waals surface area (Å²) in [5.74, 6) is 0.676. The molecule has 1 aromatic carbocycles. The summed E-state index contributed by atoms with van der Waals surface area (Å²) in [6.07, 6.45) is 1.69. The fourth-order valence-corrected chi connectivity index (χ4v) is 2.49. The third-order valence-corrected chi connectivity index (χ3v) is 3.72. The van der Waals surface area contributed by atoms with Gasteiger partial charge in [-0.15, -0.1) is 0 Å². The van der Waals surface area contributed by atoms with E-state index in [1.165, 1.54) is 0 Å². The summed E-state index contributed by atoms with van der Waals surface area (Å²) >= 11 is 0. The number of amides is 1. The number of aromatic nitrogens is 2. The van der Waals surface area contributed by atoms with Crippen LogP contribution in [0.25, 0.3) is 0 Å². The summed E-state index contributed by atoms with van der Waals surface area (Å²) < 4.78 is 0. The minimum Gasteiger partial charge on any atom is -0.326 e. The van der Waals surface area contributed by atoms with Crippen molar-refractivity contribution in [2.24, 2.45) is 5.92 Å². The van der Waals surface area contributed by atoms with E-state index in [1.807, 2.05) is 58.0 Å². The van der Waals surface area contributed by atoms with Crippen molar-refractivity contribution < 1.29 is 4.79 Å². The Morgan fingerprint density at radius 1 is 1.04 bits per heavy atom. The molecule has 0 unspecified atom stereocenters. The highest BCUT2D eigenvalue weighted by molar-refractivity contribution is 5.93. The maximum atomic E-state index is 12.2. The number of carbonyl (C=O) groups is 1. The van der Waals surface area contributed by atoms with E-state index in [1.54, 1.807) is 0 Å². The van der Waals surface area contributed by atoms with Gasteiger partial charge in [0.15, 0.2) is 0 Å².